The van der Waals surface area contributed by atoms with Crippen LogP contribution < -0.4 is 0 Å². The molecule has 0 fully saturated rings. The van der Waals surface area contributed by atoms with E-state index in [0.717, 1.165) is 12.8 Å². The molecule has 0 aliphatic heterocycles. The van der Waals surface area contributed by atoms with Crippen molar-refractivity contribution in [3.8, 4) is 11.1 Å². The molecule has 6 nitrogen and oxygen atoms in total. The predicted octanol–water partition coefficient (Wildman–Crippen LogP) is 9.69. The maximum atomic E-state index is 12.6. The van der Waals surface area contributed by atoms with Gasteiger partial charge in [-0.05, 0) is 28.7 Å². The van der Waals surface area contributed by atoms with E-state index in [0.29, 0.717) is 32.8 Å². The first kappa shape index (κ1) is 35.6. The molecule has 0 radical (unpaired) electrons. The molecule has 0 bridgehead atoms. The fourth-order valence-corrected chi connectivity index (χ4v) is 6.03. The lowest BCUT2D eigenvalue weighted by atomic mass is 9.98. The van der Waals surface area contributed by atoms with Crippen LogP contribution in [0.2, 0.25) is 0 Å². The van der Waals surface area contributed by atoms with Crippen LogP contribution in [0.25, 0.3) is 11.1 Å². The second-order valence-electron chi connectivity index (χ2n) is 12.3. The van der Waals surface area contributed by atoms with Crippen LogP contribution in [-0.2, 0) is 19.0 Å². The van der Waals surface area contributed by atoms with Crippen molar-refractivity contribution in [2.24, 2.45) is 0 Å². The van der Waals surface area contributed by atoms with Crippen molar-refractivity contribution in [3.05, 3.63) is 59.7 Å². The Bertz CT molecular complexity index is 1040. The number of amides is 1. The SMILES string of the molecule is CCCCCCCCCCCCCCCCCC(=O)OCCOCCN(C)C(=O)OCC1c2ccccc2-c2ccccc21. The highest BCUT2D eigenvalue weighted by Gasteiger charge is 2.29. The average Bonchev–Trinajstić information content (AvgIpc) is 3.36. The van der Waals surface area contributed by atoms with Crippen molar-refractivity contribution in [2.75, 3.05) is 40.0 Å². The molecule has 0 spiro atoms. The number of hydrogen-bond acceptors (Lipinski definition) is 5. The van der Waals surface area contributed by atoms with Gasteiger partial charge in [-0.2, -0.15) is 0 Å². The number of carbonyl (C=O) groups excluding carboxylic acids is 2. The Morgan fingerprint density at radius 3 is 1.68 bits per heavy atom. The zero-order valence-corrected chi connectivity index (χ0v) is 27.5. The Balaban J connectivity index is 1.11. The van der Waals surface area contributed by atoms with Crippen molar-refractivity contribution in [2.45, 2.75) is 116 Å². The van der Waals surface area contributed by atoms with Crippen LogP contribution in [0.3, 0.4) is 0 Å². The first-order chi connectivity index (χ1) is 21.6. The number of fused-ring (bicyclic) bond motifs is 3. The van der Waals surface area contributed by atoms with E-state index in [2.05, 4.69) is 31.2 Å². The molecule has 1 aliphatic carbocycles. The summed E-state index contributed by atoms with van der Waals surface area (Å²) in [5, 5.41) is 0. The number of hydrogen-bond donors (Lipinski definition) is 0. The summed E-state index contributed by atoms with van der Waals surface area (Å²) in [7, 11) is 1.71. The molecular weight excluding hydrogens is 550 g/mol. The van der Waals surface area contributed by atoms with Crippen molar-refractivity contribution in [1.82, 2.24) is 4.90 Å². The predicted molar refractivity (Wildman–Crippen MR) is 179 cm³/mol. The van der Waals surface area contributed by atoms with Gasteiger partial charge in [-0.25, -0.2) is 4.79 Å². The Morgan fingerprint density at radius 1 is 0.636 bits per heavy atom. The third kappa shape index (κ3) is 13.0. The van der Waals surface area contributed by atoms with Gasteiger partial charge in [-0.1, -0.05) is 145 Å². The molecule has 0 aromatic heterocycles. The van der Waals surface area contributed by atoms with Gasteiger partial charge in [-0.3, -0.25) is 4.79 Å². The van der Waals surface area contributed by atoms with Gasteiger partial charge in [0.05, 0.1) is 13.2 Å². The number of ether oxygens (including phenoxy) is 3. The molecule has 1 amide bonds. The number of carbonyl (C=O) groups is 2. The van der Waals surface area contributed by atoms with E-state index >= 15 is 0 Å². The quantitative estimate of drug-likeness (QED) is 0.0878. The third-order valence-corrected chi connectivity index (χ3v) is 8.69. The minimum absolute atomic E-state index is 0.0417. The van der Waals surface area contributed by atoms with Crippen LogP contribution in [0.5, 0.6) is 0 Å². The van der Waals surface area contributed by atoms with Gasteiger partial charge in [-0.15, -0.1) is 0 Å². The molecule has 0 atom stereocenters. The van der Waals surface area contributed by atoms with Crippen LogP contribution in [0, 0.1) is 0 Å². The first-order valence-corrected chi connectivity index (χ1v) is 17.4. The summed E-state index contributed by atoms with van der Waals surface area (Å²) in [4.78, 5) is 26.1. The summed E-state index contributed by atoms with van der Waals surface area (Å²) in [6.07, 6.45) is 19.7. The average molecular weight is 608 g/mol. The molecule has 0 heterocycles. The van der Waals surface area contributed by atoms with Gasteiger partial charge < -0.3 is 19.1 Å². The lowest BCUT2D eigenvalue weighted by Crippen LogP contribution is -2.32. The second-order valence-corrected chi connectivity index (χ2v) is 12.3. The molecule has 6 heteroatoms. The molecule has 0 saturated heterocycles. The molecular formula is C38H57NO5. The van der Waals surface area contributed by atoms with Crippen LogP contribution in [0.4, 0.5) is 4.79 Å². The van der Waals surface area contributed by atoms with Gasteiger partial charge in [0.15, 0.2) is 0 Å². The summed E-state index contributed by atoms with van der Waals surface area (Å²) in [5.41, 5.74) is 4.81. The number of benzene rings is 2. The van der Waals surface area contributed by atoms with Gasteiger partial charge in [0.2, 0.25) is 0 Å². The number of likely N-dealkylation sites (N-methyl/N-ethyl adjacent to an activating group) is 1. The maximum absolute atomic E-state index is 12.6. The minimum Gasteiger partial charge on any atom is -0.463 e. The fraction of sp³-hybridized carbons (Fsp3) is 0.632. The lowest BCUT2D eigenvalue weighted by Gasteiger charge is -2.19. The highest BCUT2D eigenvalue weighted by atomic mass is 16.6. The summed E-state index contributed by atoms with van der Waals surface area (Å²) >= 11 is 0. The highest BCUT2D eigenvalue weighted by Crippen LogP contribution is 2.44. The Labute approximate surface area is 266 Å². The fourth-order valence-electron chi connectivity index (χ4n) is 6.03. The summed E-state index contributed by atoms with van der Waals surface area (Å²) in [6.45, 7) is 3.90. The summed E-state index contributed by atoms with van der Waals surface area (Å²) in [5.74, 6) is -0.112. The highest BCUT2D eigenvalue weighted by molar-refractivity contribution is 5.79. The molecule has 1 aliphatic rings. The van der Waals surface area contributed by atoms with Crippen LogP contribution in [0.1, 0.15) is 127 Å². The van der Waals surface area contributed by atoms with E-state index in [4.69, 9.17) is 14.2 Å². The monoisotopic (exact) mass is 607 g/mol. The molecule has 2 aromatic rings. The minimum atomic E-state index is -0.370. The first-order valence-electron chi connectivity index (χ1n) is 17.4. The van der Waals surface area contributed by atoms with E-state index in [9.17, 15) is 9.59 Å². The topological polar surface area (TPSA) is 65.1 Å². The van der Waals surface area contributed by atoms with E-state index < -0.39 is 0 Å². The van der Waals surface area contributed by atoms with E-state index in [1.807, 2.05) is 24.3 Å². The molecule has 2 aromatic carbocycles. The molecule has 0 saturated carbocycles. The van der Waals surface area contributed by atoms with Crippen molar-refractivity contribution in [1.29, 1.82) is 0 Å². The van der Waals surface area contributed by atoms with Gasteiger partial charge in [0.1, 0.15) is 13.2 Å². The van der Waals surface area contributed by atoms with Crippen LogP contribution in [-0.4, -0.2) is 57.0 Å². The van der Waals surface area contributed by atoms with Crippen LogP contribution >= 0.6 is 0 Å². The maximum Gasteiger partial charge on any atom is 0.409 e. The summed E-state index contributed by atoms with van der Waals surface area (Å²) in [6, 6.07) is 16.6. The molecule has 44 heavy (non-hydrogen) atoms. The molecule has 0 unspecified atom stereocenters. The third-order valence-electron chi connectivity index (χ3n) is 8.69. The van der Waals surface area contributed by atoms with Gasteiger partial charge in [0, 0.05) is 25.9 Å². The van der Waals surface area contributed by atoms with Crippen molar-refractivity contribution in [3.63, 3.8) is 0 Å². The Hall–Kier alpha value is -2.86. The van der Waals surface area contributed by atoms with Crippen molar-refractivity contribution < 1.29 is 23.8 Å². The standard InChI is InChI=1S/C38H57NO5/c1-3-4-5-6-7-8-9-10-11-12-13-14-15-16-17-26-37(40)43-30-29-42-28-27-39(2)38(41)44-31-36-34-24-20-18-22-32(34)33-23-19-21-25-35(33)36/h18-25,36H,3-17,26-31H2,1-2H3. The number of nitrogens with zero attached hydrogens (tertiary/aromatic N) is 1. The Kier molecular flexibility index (Phi) is 17.6. The van der Waals surface area contributed by atoms with E-state index in [1.54, 1.807) is 7.05 Å². The molecule has 3 rings (SSSR count). The summed E-state index contributed by atoms with van der Waals surface area (Å²) < 4.78 is 16.6. The van der Waals surface area contributed by atoms with E-state index in [-0.39, 0.29) is 24.6 Å². The molecule has 244 valence electrons. The van der Waals surface area contributed by atoms with Gasteiger partial charge >= 0.3 is 12.1 Å². The zero-order valence-electron chi connectivity index (χ0n) is 27.5. The zero-order chi connectivity index (χ0) is 31.2. The largest absolute Gasteiger partial charge is 0.463 e. The number of esters is 1. The Morgan fingerprint density at radius 2 is 1.14 bits per heavy atom. The van der Waals surface area contributed by atoms with E-state index in [1.165, 1.54) is 111 Å². The van der Waals surface area contributed by atoms with Gasteiger partial charge in [0.25, 0.3) is 0 Å². The number of unbranched alkanes of at least 4 members (excludes halogenated alkanes) is 14. The number of rotatable bonds is 24. The lowest BCUT2D eigenvalue weighted by molar-refractivity contribution is -0.145. The van der Waals surface area contributed by atoms with Crippen molar-refractivity contribution >= 4 is 12.1 Å². The van der Waals surface area contributed by atoms with Crippen LogP contribution in [0.15, 0.2) is 48.5 Å². The normalized spacial score (nSPS) is 12.1. The second kappa shape index (κ2) is 21.8. The smallest absolute Gasteiger partial charge is 0.409 e. The molecule has 0 N–H and O–H groups in total.